The van der Waals surface area contributed by atoms with Gasteiger partial charge >= 0.3 is 0 Å². The molecule has 132 valence electrons. The van der Waals surface area contributed by atoms with E-state index in [1.807, 2.05) is 25.2 Å². The van der Waals surface area contributed by atoms with E-state index in [9.17, 15) is 0 Å². The van der Waals surface area contributed by atoms with Gasteiger partial charge in [-0.15, -0.1) is 5.10 Å². The molecule has 0 amide bonds. The highest BCUT2D eigenvalue weighted by Crippen LogP contribution is 2.18. The molecule has 2 aromatic heterocycles. The molecule has 0 radical (unpaired) electrons. The number of hydrogen-bond donors (Lipinski definition) is 0. The molecule has 2 heterocycles. The fourth-order valence-corrected chi connectivity index (χ4v) is 2.59. The molecule has 1 unspecified atom stereocenters. The van der Waals surface area contributed by atoms with E-state index in [1.165, 1.54) is 0 Å². The topological polar surface area (TPSA) is 57.8 Å². The summed E-state index contributed by atoms with van der Waals surface area (Å²) in [5, 5.41) is 9.57. The Kier molecular flexibility index (Phi) is 5.38. The maximum atomic E-state index is 5.91. The molecular formula is C18H22ClN5O. The summed E-state index contributed by atoms with van der Waals surface area (Å²) in [6.07, 6.45) is 3.68. The van der Waals surface area contributed by atoms with E-state index in [1.54, 1.807) is 27.7 Å². The SMILES string of the molecule is CCC(C)Cc1nc(COc2ccc(Cl)cc2)n(-c2ccnn2C)n1. The third kappa shape index (κ3) is 4.20. The van der Waals surface area contributed by atoms with E-state index >= 15 is 0 Å². The molecule has 0 saturated carbocycles. The van der Waals surface area contributed by atoms with Gasteiger partial charge in [0.25, 0.3) is 0 Å². The van der Waals surface area contributed by atoms with Crippen LogP contribution in [0.3, 0.4) is 0 Å². The van der Waals surface area contributed by atoms with Crippen molar-refractivity contribution in [3.8, 4) is 11.6 Å². The molecule has 0 aliphatic heterocycles. The van der Waals surface area contributed by atoms with E-state index in [-0.39, 0.29) is 0 Å². The van der Waals surface area contributed by atoms with Gasteiger partial charge in [0, 0.05) is 24.6 Å². The van der Waals surface area contributed by atoms with Crippen LogP contribution in [0.25, 0.3) is 5.82 Å². The third-order valence-corrected chi connectivity index (χ3v) is 4.39. The maximum absolute atomic E-state index is 5.91. The van der Waals surface area contributed by atoms with Crippen molar-refractivity contribution in [2.45, 2.75) is 33.3 Å². The van der Waals surface area contributed by atoms with Gasteiger partial charge < -0.3 is 4.74 Å². The molecule has 0 spiro atoms. The van der Waals surface area contributed by atoms with Crippen LogP contribution in [-0.4, -0.2) is 24.5 Å². The zero-order chi connectivity index (χ0) is 17.8. The minimum Gasteiger partial charge on any atom is -0.486 e. The van der Waals surface area contributed by atoms with Gasteiger partial charge in [-0.2, -0.15) is 9.78 Å². The zero-order valence-electron chi connectivity index (χ0n) is 14.7. The Hall–Kier alpha value is -2.34. The van der Waals surface area contributed by atoms with Crippen LogP contribution in [0.2, 0.25) is 5.02 Å². The largest absolute Gasteiger partial charge is 0.486 e. The molecule has 0 aliphatic carbocycles. The van der Waals surface area contributed by atoms with Crippen LogP contribution in [0, 0.1) is 5.92 Å². The van der Waals surface area contributed by atoms with Crippen molar-refractivity contribution in [2.24, 2.45) is 13.0 Å². The Bertz CT molecular complexity index is 824. The average Bonchev–Trinajstić information content (AvgIpc) is 3.20. The van der Waals surface area contributed by atoms with Gasteiger partial charge in [0.1, 0.15) is 12.4 Å². The molecule has 0 aliphatic rings. The molecule has 0 bridgehead atoms. The first kappa shape index (κ1) is 17.5. The number of halogens is 1. The molecule has 3 aromatic rings. The Morgan fingerprint density at radius 1 is 1.20 bits per heavy atom. The third-order valence-electron chi connectivity index (χ3n) is 4.14. The van der Waals surface area contributed by atoms with E-state index < -0.39 is 0 Å². The van der Waals surface area contributed by atoms with Gasteiger partial charge in [-0.1, -0.05) is 31.9 Å². The monoisotopic (exact) mass is 359 g/mol. The van der Waals surface area contributed by atoms with Crippen molar-refractivity contribution < 1.29 is 4.74 Å². The van der Waals surface area contributed by atoms with E-state index in [0.717, 1.165) is 36.1 Å². The zero-order valence-corrected chi connectivity index (χ0v) is 15.4. The van der Waals surface area contributed by atoms with Gasteiger partial charge in [0.15, 0.2) is 17.5 Å². The minimum atomic E-state index is 0.320. The Morgan fingerprint density at radius 2 is 1.96 bits per heavy atom. The van der Waals surface area contributed by atoms with E-state index in [4.69, 9.17) is 16.3 Å². The number of aromatic nitrogens is 5. The highest BCUT2D eigenvalue weighted by Gasteiger charge is 2.16. The maximum Gasteiger partial charge on any atom is 0.171 e. The molecule has 7 heteroatoms. The van der Waals surface area contributed by atoms with Gasteiger partial charge in [-0.05, 0) is 30.2 Å². The summed E-state index contributed by atoms with van der Waals surface area (Å²) in [4.78, 5) is 4.69. The van der Waals surface area contributed by atoms with Gasteiger partial charge in [-0.25, -0.2) is 4.98 Å². The van der Waals surface area contributed by atoms with Crippen LogP contribution >= 0.6 is 11.6 Å². The second-order valence-electron chi connectivity index (χ2n) is 6.13. The predicted molar refractivity (Wildman–Crippen MR) is 97.1 cm³/mol. The van der Waals surface area contributed by atoms with Gasteiger partial charge in [0.2, 0.25) is 0 Å². The summed E-state index contributed by atoms with van der Waals surface area (Å²) < 4.78 is 9.44. The lowest BCUT2D eigenvalue weighted by Gasteiger charge is -2.08. The lowest BCUT2D eigenvalue weighted by Crippen LogP contribution is -2.10. The molecule has 25 heavy (non-hydrogen) atoms. The fourth-order valence-electron chi connectivity index (χ4n) is 2.46. The molecule has 1 atom stereocenters. The molecule has 0 saturated heterocycles. The van der Waals surface area contributed by atoms with Crippen LogP contribution in [0.5, 0.6) is 5.75 Å². The second-order valence-corrected chi connectivity index (χ2v) is 6.57. The van der Waals surface area contributed by atoms with Crippen molar-refractivity contribution >= 4 is 11.6 Å². The molecule has 6 nitrogen and oxygen atoms in total. The quantitative estimate of drug-likeness (QED) is 0.643. The van der Waals surface area contributed by atoms with Gasteiger partial charge in [-0.3, -0.25) is 4.68 Å². The van der Waals surface area contributed by atoms with Crippen LogP contribution in [-0.2, 0) is 20.1 Å². The van der Waals surface area contributed by atoms with Gasteiger partial charge in [0.05, 0.1) is 6.20 Å². The Labute approximate surface area is 152 Å². The smallest absolute Gasteiger partial charge is 0.171 e. The lowest BCUT2D eigenvalue weighted by atomic mass is 10.1. The normalized spacial score (nSPS) is 12.3. The summed E-state index contributed by atoms with van der Waals surface area (Å²) in [7, 11) is 1.88. The Morgan fingerprint density at radius 3 is 2.60 bits per heavy atom. The predicted octanol–water partition coefficient (Wildman–Crippen LogP) is 3.82. The number of nitrogens with zero attached hydrogens (tertiary/aromatic N) is 5. The Balaban J connectivity index is 1.85. The fraction of sp³-hybridized carbons (Fsp3) is 0.389. The number of hydrogen-bond acceptors (Lipinski definition) is 4. The van der Waals surface area contributed by atoms with Crippen LogP contribution in [0.4, 0.5) is 0 Å². The molecule has 0 N–H and O–H groups in total. The van der Waals surface area contributed by atoms with Crippen molar-refractivity contribution in [3.63, 3.8) is 0 Å². The van der Waals surface area contributed by atoms with Crippen molar-refractivity contribution in [1.82, 2.24) is 24.5 Å². The van der Waals surface area contributed by atoms with E-state index in [0.29, 0.717) is 17.5 Å². The summed E-state index contributed by atoms with van der Waals surface area (Å²) in [5.41, 5.74) is 0. The number of benzene rings is 1. The van der Waals surface area contributed by atoms with Crippen LogP contribution in [0.15, 0.2) is 36.5 Å². The number of ether oxygens (including phenoxy) is 1. The van der Waals surface area contributed by atoms with Crippen LogP contribution < -0.4 is 4.74 Å². The minimum absolute atomic E-state index is 0.320. The van der Waals surface area contributed by atoms with E-state index in [2.05, 4.69) is 29.0 Å². The second kappa shape index (κ2) is 7.70. The summed E-state index contributed by atoms with van der Waals surface area (Å²) in [6.45, 7) is 4.70. The van der Waals surface area contributed by atoms with Crippen molar-refractivity contribution in [2.75, 3.05) is 0 Å². The average molecular weight is 360 g/mol. The molecular weight excluding hydrogens is 338 g/mol. The van der Waals surface area contributed by atoms with Crippen molar-refractivity contribution in [3.05, 3.63) is 53.2 Å². The van der Waals surface area contributed by atoms with Crippen LogP contribution in [0.1, 0.15) is 31.9 Å². The summed E-state index contributed by atoms with van der Waals surface area (Å²) in [5.74, 6) is 3.71. The summed E-state index contributed by atoms with van der Waals surface area (Å²) >= 11 is 5.91. The summed E-state index contributed by atoms with van der Waals surface area (Å²) in [6, 6.07) is 9.20. The highest BCUT2D eigenvalue weighted by molar-refractivity contribution is 6.30. The number of rotatable bonds is 7. The standard InChI is InChI=1S/C18H22ClN5O/c1-4-13(2)11-16-21-17(12-25-15-7-5-14(19)6-8-15)24(22-16)18-9-10-20-23(18)3/h5-10,13H,4,11-12H2,1-3H3. The lowest BCUT2D eigenvalue weighted by molar-refractivity contribution is 0.292. The number of aryl methyl sites for hydroxylation is 1. The molecule has 3 rings (SSSR count). The first-order valence-electron chi connectivity index (χ1n) is 8.38. The highest BCUT2D eigenvalue weighted by atomic mass is 35.5. The molecule has 0 fully saturated rings. The molecule has 1 aromatic carbocycles. The first-order chi connectivity index (χ1) is 12.1. The first-order valence-corrected chi connectivity index (χ1v) is 8.76. The van der Waals surface area contributed by atoms with Crippen molar-refractivity contribution in [1.29, 1.82) is 0 Å².